The van der Waals surface area contributed by atoms with Crippen molar-refractivity contribution in [2.45, 2.75) is 25.0 Å². The van der Waals surface area contributed by atoms with Gasteiger partial charge >= 0.3 is 5.97 Å². The van der Waals surface area contributed by atoms with Gasteiger partial charge in [0.05, 0.1) is 17.7 Å². The molecular formula is C10H17N3O4S2. The summed E-state index contributed by atoms with van der Waals surface area (Å²) in [7, 11) is -3.16. The van der Waals surface area contributed by atoms with Gasteiger partial charge in [0.25, 0.3) is 0 Å². The number of carbonyl (C=O) groups is 1. The zero-order valence-corrected chi connectivity index (χ0v) is 12.4. The third-order valence-electron chi connectivity index (χ3n) is 2.13. The Morgan fingerprint density at radius 2 is 2.26 bits per heavy atom. The van der Waals surface area contributed by atoms with Crippen LogP contribution in [-0.4, -0.2) is 47.6 Å². The minimum atomic E-state index is -3.16. The predicted octanol–water partition coefficient (Wildman–Crippen LogP) is 0.308. The molecule has 0 spiro atoms. The molecule has 0 aliphatic heterocycles. The number of aryl methyl sites for hydroxylation is 2. The summed E-state index contributed by atoms with van der Waals surface area (Å²) in [5.74, 6) is -0.936. The number of nitrogens with zero attached hydrogens (tertiary/aromatic N) is 2. The second-order valence-corrected chi connectivity index (χ2v) is 6.84. The van der Waals surface area contributed by atoms with Crippen LogP contribution in [0.4, 0.5) is 0 Å². The Morgan fingerprint density at radius 1 is 1.58 bits per heavy atom. The largest absolute Gasteiger partial charge is 0.481 e. The molecule has 0 aliphatic carbocycles. The smallest absolute Gasteiger partial charge is 0.313 e. The number of hydrogen-bond donors (Lipinski definition) is 2. The van der Waals surface area contributed by atoms with Gasteiger partial charge in [0.15, 0.2) is 5.16 Å². The number of rotatable bonds is 8. The van der Waals surface area contributed by atoms with Crippen molar-refractivity contribution in [1.29, 1.82) is 0 Å². The highest BCUT2D eigenvalue weighted by atomic mass is 32.2. The molecule has 1 aromatic heterocycles. The van der Waals surface area contributed by atoms with E-state index in [0.29, 0.717) is 24.7 Å². The fourth-order valence-corrected chi connectivity index (χ4v) is 2.72. The summed E-state index contributed by atoms with van der Waals surface area (Å²) >= 11 is 1.15. The fraction of sp³-hybridized carbons (Fsp3) is 0.600. The number of sulfonamides is 1. The minimum absolute atomic E-state index is 0.0436. The maximum Gasteiger partial charge on any atom is 0.313 e. The van der Waals surface area contributed by atoms with Crippen molar-refractivity contribution in [3.63, 3.8) is 0 Å². The molecule has 1 rings (SSSR count). The lowest BCUT2D eigenvalue weighted by atomic mass is 10.4. The molecule has 1 aromatic rings. The van der Waals surface area contributed by atoms with Gasteiger partial charge in [-0.25, -0.2) is 18.1 Å². The third-order valence-corrected chi connectivity index (χ3v) is 3.83. The standard InChI is InChI=1S/C10H17N3O4S2/c1-8-6-13(5-3-4-11-19(2,16)17)10(12-8)18-7-9(14)15/h6,11H,3-5,7H2,1-2H3,(H,14,15). The number of thioether (sulfide) groups is 1. The van der Waals surface area contributed by atoms with Crippen LogP contribution in [0.3, 0.4) is 0 Å². The fourth-order valence-electron chi connectivity index (χ4n) is 1.43. The van der Waals surface area contributed by atoms with E-state index in [-0.39, 0.29) is 5.75 Å². The lowest BCUT2D eigenvalue weighted by Crippen LogP contribution is -2.23. The lowest BCUT2D eigenvalue weighted by molar-refractivity contribution is -0.133. The first-order chi connectivity index (χ1) is 8.78. The summed E-state index contributed by atoms with van der Waals surface area (Å²) in [6.45, 7) is 2.76. The van der Waals surface area contributed by atoms with Crippen LogP contribution in [0, 0.1) is 6.92 Å². The summed E-state index contributed by atoms with van der Waals surface area (Å²) in [5, 5.41) is 9.28. The Bertz CT molecular complexity index is 539. The van der Waals surface area contributed by atoms with E-state index in [1.54, 1.807) is 0 Å². The quantitative estimate of drug-likeness (QED) is 0.529. The Kier molecular flexibility index (Phi) is 5.83. The van der Waals surface area contributed by atoms with E-state index in [4.69, 9.17) is 5.11 Å². The van der Waals surface area contributed by atoms with E-state index in [2.05, 4.69) is 9.71 Å². The minimum Gasteiger partial charge on any atom is -0.481 e. The Labute approximate surface area is 116 Å². The Hall–Kier alpha value is -1.06. The molecular weight excluding hydrogens is 290 g/mol. The first-order valence-corrected chi connectivity index (χ1v) is 8.48. The van der Waals surface area contributed by atoms with Crippen molar-refractivity contribution in [2.75, 3.05) is 18.6 Å². The average Bonchev–Trinajstić information content (AvgIpc) is 2.61. The van der Waals surface area contributed by atoms with Crippen LogP contribution in [0.1, 0.15) is 12.1 Å². The monoisotopic (exact) mass is 307 g/mol. The molecule has 1 heterocycles. The van der Waals surface area contributed by atoms with Crippen molar-refractivity contribution in [1.82, 2.24) is 14.3 Å². The SMILES string of the molecule is Cc1cn(CCCNS(C)(=O)=O)c(SCC(=O)O)n1. The summed E-state index contributed by atoms with van der Waals surface area (Å²) in [6, 6.07) is 0. The molecule has 19 heavy (non-hydrogen) atoms. The molecule has 0 amide bonds. The van der Waals surface area contributed by atoms with Crippen molar-refractivity contribution in [2.24, 2.45) is 0 Å². The second-order valence-electron chi connectivity index (χ2n) is 4.06. The van der Waals surface area contributed by atoms with Crippen LogP contribution < -0.4 is 4.72 Å². The number of aromatic nitrogens is 2. The molecule has 0 unspecified atom stereocenters. The van der Waals surface area contributed by atoms with Crippen LogP contribution in [0.2, 0.25) is 0 Å². The van der Waals surface area contributed by atoms with Gasteiger partial charge in [-0.3, -0.25) is 4.79 Å². The summed E-state index contributed by atoms with van der Waals surface area (Å²) < 4.78 is 26.0. The molecule has 7 nitrogen and oxygen atoms in total. The summed E-state index contributed by atoms with van der Waals surface area (Å²) in [5.41, 5.74) is 0.809. The van der Waals surface area contributed by atoms with Gasteiger partial charge in [0.2, 0.25) is 10.0 Å². The first-order valence-electron chi connectivity index (χ1n) is 5.61. The molecule has 0 aromatic carbocycles. The van der Waals surface area contributed by atoms with Crippen molar-refractivity contribution >= 4 is 27.8 Å². The zero-order chi connectivity index (χ0) is 14.5. The van der Waals surface area contributed by atoms with E-state index in [1.165, 1.54) is 0 Å². The van der Waals surface area contributed by atoms with Gasteiger partial charge in [-0.1, -0.05) is 11.8 Å². The van der Waals surface area contributed by atoms with E-state index in [1.807, 2.05) is 17.7 Å². The molecule has 0 saturated heterocycles. The molecule has 9 heteroatoms. The molecule has 0 radical (unpaired) electrons. The average molecular weight is 307 g/mol. The number of imidazole rings is 1. The van der Waals surface area contributed by atoms with Crippen LogP contribution in [-0.2, 0) is 21.4 Å². The van der Waals surface area contributed by atoms with Gasteiger partial charge in [-0.05, 0) is 13.3 Å². The summed E-state index contributed by atoms with van der Waals surface area (Å²) in [4.78, 5) is 14.8. The highest BCUT2D eigenvalue weighted by Crippen LogP contribution is 2.17. The number of aliphatic carboxylic acids is 1. The van der Waals surface area contributed by atoms with E-state index >= 15 is 0 Å². The van der Waals surface area contributed by atoms with Crippen LogP contribution in [0.5, 0.6) is 0 Å². The van der Waals surface area contributed by atoms with Gasteiger partial charge in [0, 0.05) is 19.3 Å². The maximum absolute atomic E-state index is 10.9. The van der Waals surface area contributed by atoms with Gasteiger partial charge in [-0.2, -0.15) is 0 Å². The molecule has 0 aliphatic rings. The van der Waals surface area contributed by atoms with E-state index in [0.717, 1.165) is 23.7 Å². The van der Waals surface area contributed by atoms with Crippen molar-refractivity contribution in [3.05, 3.63) is 11.9 Å². The zero-order valence-electron chi connectivity index (χ0n) is 10.8. The molecule has 0 atom stereocenters. The topological polar surface area (TPSA) is 101 Å². The van der Waals surface area contributed by atoms with Crippen LogP contribution in [0.25, 0.3) is 0 Å². The van der Waals surface area contributed by atoms with Crippen molar-refractivity contribution < 1.29 is 18.3 Å². The van der Waals surface area contributed by atoms with Crippen molar-refractivity contribution in [3.8, 4) is 0 Å². The molecule has 108 valence electrons. The number of carboxylic acids is 1. The third kappa shape index (κ3) is 6.60. The Morgan fingerprint density at radius 3 is 2.84 bits per heavy atom. The maximum atomic E-state index is 10.9. The Balaban J connectivity index is 2.50. The highest BCUT2D eigenvalue weighted by molar-refractivity contribution is 7.99. The lowest BCUT2D eigenvalue weighted by Gasteiger charge is -2.06. The number of nitrogens with one attached hydrogen (secondary N) is 1. The van der Waals surface area contributed by atoms with E-state index < -0.39 is 16.0 Å². The van der Waals surface area contributed by atoms with Gasteiger partial charge < -0.3 is 9.67 Å². The van der Waals surface area contributed by atoms with Crippen LogP contribution in [0.15, 0.2) is 11.4 Å². The molecule has 0 fully saturated rings. The number of hydrogen-bond acceptors (Lipinski definition) is 5. The summed E-state index contributed by atoms with van der Waals surface area (Å²) in [6.07, 6.45) is 3.55. The molecule has 0 bridgehead atoms. The normalized spacial score (nSPS) is 11.7. The second kappa shape index (κ2) is 6.92. The predicted molar refractivity (Wildman–Crippen MR) is 72.8 cm³/mol. The van der Waals surface area contributed by atoms with Gasteiger partial charge in [0.1, 0.15) is 0 Å². The van der Waals surface area contributed by atoms with E-state index in [9.17, 15) is 13.2 Å². The molecule has 0 saturated carbocycles. The molecule has 2 N–H and O–H groups in total. The first kappa shape index (κ1) is 16.0. The van der Waals surface area contributed by atoms with Gasteiger partial charge in [-0.15, -0.1) is 0 Å². The number of carboxylic acid groups (broad SMARTS) is 1. The van der Waals surface area contributed by atoms with Crippen LogP contribution >= 0.6 is 11.8 Å². The highest BCUT2D eigenvalue weighted by Gasteiger charge is 2.08.